The van der Waals surface area contributed by atoms with Crippen molar-refractivity contribution in [3.8, 4) is 23.6 Å². The van der Waals surface area contributed by atoms with E-state index in [-0.39, 0.29) is 5.92 Å². The van der Waals surface area contributed by atoms with E-state index in [0.717, 1.165) is 26.0 Å². The highest BCUT2D eigenvalue weighted by Gasteiger charge is 2.18. The zero-order valence-electron chi connectivity index (χ0n) is 11.3. The number of terminal acetylenes is 1. The van der Waals surface area contributed by atoms with Crippen molar-refractivity contribution in [2.75, 3.05) is 5.73 Å². The van der Waals surface area contributed by atoms with Gasteiger partial charge < -0.3 is 10.3 Å². The minimum Gasteiger partial charge on any atom is -0.383 e. The van der Waals surface area contributed by atoms with Crippen molar-refractivity contribution in [3.63, 3.8) is 0 Å². The number of imidazole rings is 1. The van der Waals surface area contributed by atoms with Crippen LogP contribution in [-0.4, -0.2) is 9.55 Å². The average Bonchev–Trinajstić information content (AvgIpc) is 2.72. The van der Waals surface area contributed by atoms with Gasteiger partial charge in [0.1, 0.15) is 17.3 Å². The number of nitrogens with two attached hydrogens (primary N) is 1. The molecule has 0 radical (unpaired) electrons. The van der Waals surface area contributed by atoms with Crippen LogP contribution in [0.5, 0.6) is 0 Å². The Morgan fingerprint density at radius 2 is 2.05 bits per heavy atom. The second-order valence-corrected chi connectivity index (χ2v) is 6.49. The third kappa shape index (κ3) is 2.77. The minimum atomic E-state index is 0.262. The number of nitrogens with zero attached hydrogens (tertiary/aromatic N) is 2. The zero-order valence-corrected chi connectivity index (χ0v) is 14.5. The summed E-state index contributed by atoms with van der Waals surface area (Å²) in [6, 6.07) is 5.94. The summed E-state index contributed by atoms with van der Waals surface area (Å²) in [5.41, 5.74) is 7.97. The molecule has 3 nitrogen and oxygen atoms in total. The topological polar surface area (TPSA) is 43.8 Å². The van der Waals surface area contributed by atoms with Crippen LogP contribution in [0.2, 0.25) is 0 Å². The van der Waals surface area contributed by atoms with Gasteiger partial charge in [0.15, 0.2) is 0 Å². The average molecular weight is 397 g/mol. The fourth-order valence-corrected chi connectivity index (χ4v) is 2.66. The summed E-state index contributed by atoms with van der Waals surface area (Å²) < 4.78 is 3.86. The molecular formula is C15H15Br2N3. The number of aromatic nitrogens is 2. The summed E-state index contributed by atoms with van der Waals surface area (Å²) in [6.45, 7) is 4.59. The van der Waals surface area contributed by atoms with Crippen LogP contribution in [0.15, 0.2) is 27.1 Å². The van der Waals surface area contributed by atoms with Crippen molar-refractivity contribution in [2.45, 2.75) is 26.3 Å². The predicted molar refractivity (Wildman–Crippen MR) is 90.4 cm³/mol. The van der Waals surface area contributed by atoms with Crippen LogP contribution in [-0.2, 0) is 6.54 Å². The number of halogens is 2. The van der Waals surface area contributed by atoms with Gasteiger partial charge in [-0.15, -0.1) is 6.42 Å². The van der Waals surface area contributed by atoms with Gasteiger partial charge in [-0.3, -0.25) is 0 Å². The molecule has 2 N–H and O–H groups in total. The summed E-state index contributed by atoms with van der Waals surface area (Å²) in [7, 11) is 0. The third-order valence-corrected chi connectivity index (χ3v) is 4.87. The van der Waals surface area contributed by atoms with Gasteiger partial charge in [-0.05, 0) is 44.0 Å². The van der Waals surface area contributed by atoms with E-state index < -0.39 is 0 Å². The number of nitrogen functional groups attached to an aromatic ring is 1. The molecular weight excluding hydrogens is 382 g/mol. The number of rotatable bonds is 3. The van der Waals surface area contributed by atoms with Gasteiger partial charge in [-0.25, -0.2) is 4.98 Å². The molecule has 0 bridgehead atoms. The Balaban J connectivity index is 2.60. The first kappa shape index (κ1) is 15.1. The van der Waals surface area contributed by atoms with Crippen LogP contribution in [0.4, 0.5) is 5.82 Å². The summed E-state index contributed by atoms with van der Waals surface area (Å²) in [6.07, 6.45) is 5.42. The summed E-state index contributed by atoms with van der Waals surface area (Å²) in [4.78, 5) is 4.68. The predicted octanol–water partition coefficient (Wildman–Crippen LogP) is 4.41. The van der Waals surface area contributed by atoms with E-state index in [1.807, 2.05) is 22.8 Å². The maximum absolute atomic E-state index is 6.23. The Kier molecular flexibility index (Phi) is 4.56. The quantitative estimate of drug-likeness (QED) is 0.780. The lowest BCUT2D eigenvalue weighted by Crippen LogP contribution is -2.07. The van der Waals surface area contributed by atoms with Crippen LogP contribution in [0.1, 0.15) is 25.6 Å². The minimum absolute atomic E-state index is 0.262. The lowest BCUT2D eigenvalue weighted by Gasteiger charge is -2.08. The molecule has 0 aliphatic heterocycles. The van der Waals surface area contributed by atoms with Crippen LogP contribution in [0.3, 0.4) is 0 Å². The van der Waals surface area contributed by atoms with Gasteiger partial charge in [0.05, 0.1) is 6.54 Å². The van der Waals surface area contributed by atoms with E-state index in [9.17, 15) is 0 Å². The number of anilines is 1. The van der Waals surface area contributed by atoms with Crippen molar-refractivity contribution in [3.05, 3.63) is 33.0 Å². The molecule has 2 aromatic rings. The summed E-state index contributed by atoms with van der Waals surface area (Å²) in [5, 5.41) is 0. The van der Waals surface area contributed by atoms with E-state index in [4.69, 9.17) is 12.2 Å². The molecule has 1 aromatic carbocycles. The fourth-order valence-electron chi connectivity index (χ4n) is 2.04. The molecule has 5 heteroatoms. The van der Waals surface area contributed by atoms with E-state index in [1.54, 1.807) is 0 Å². The van der Waals surface area contributed by atoms with E-state index in [2.05, 4.69) is 56.6 Å². The number of hydrogen-bond donors (Lipinski definition) is 1. The molecule has 0 atom stereocenters. The molecule has 1 aromatic heterocycles. The largest absolute Gasteiger partial charge is 0.383 e. The van der Waals surface area contributed by atoms with Gasteiger partial charge in [-0.2, -0.15) is 0 Å². The lowest BCUT2D eigenvalue weighted by atomic mass is 10.1. The molecule has 0 fully saturated rings. The molecule has 104 valence electrons. The molecule has 0 saturated carbocycles. The van der Waals surface area contributed by atoms with Gasteiger partial charge in [-0.1, -0.05) is 25.8 Å². The molecule has 0 unspecified atom stereocenters. The molecule has 1 heterocycles. The normalized spacial score (nSPS) is 10.8. The molecule has 0 aliphatic rings. The SMILES string of the molecule is C#CCn1c(C(C)C)nc(-c2ccc(Br)c(Br)c2)c1N. The molecule has 0 amide bonds. The highest BCUT2D eigenvalue weighted by molar-refractivity contribution is 9.13. The number of benzene rings is 1. The smallest absolute Gasteiger partial charge is 0.132 e. The molecule has 20 heavy (non-hydrogen) atoms. The Bertz CT molecular complexity index is 681. The zero-order chi connectivity index (χ0) is 14.9. The second kappa shape index (κ2) is 6.02. The van der Waals surface area contributed by atoms with Gasteiger partial charge >= 0.3 is 0 Å². The molecule has 2 rings (SSSR count). The van der Waals surface area contributed by atoms with Gasteiger partial charge in [0.2, 0.25) is 0 Å². The van der Waals surface area contributed by atoms with Crippen molar-refractivity contribution < 1.29 is 0 Å². The highest BCUT2D eigenvalue weighted by Crippen LogP contribution is 2.33. The standard InChI is InChI=1S/C15H15Br2N3/c1-4-7-20-14(18)13(19-15(20)9(2)3)10-5-6-11(16)12(17)8-10/h1,5-6,8-9H,7,18H2,2-3H3. The lowest BCUT2D eigenvalue weighted by molar-refractivity contribution is 0.691. The highest BCUT2D eigenvalue weighted by atomic mass is 79.9. The van der Waals surface area contributed by atoms with Crippen molar-refractivity contribution >= 4 is 37.7 Å². The summed E-state index contributed by atoms with van der Waals surface area (Å²) >= 11 is 6.96. The van der Waals surface area contributed by atoms with E-state index in [1.165, 1.54) is 0 Å². The maximum atomic E-state index is 6.23. The van der Waals surface area contributed by atoms with Gasteiger partial charge in [0, 0.05) is 20.4 Å². The molecule has 0 saturated heterocycles. The van der Waals surface area contributed by atoms with Crippen molar-refractivity contribution in [2.24, 2.45) is 0 Å². The monoisotopic (exact) mass is 395 g/mol. The first-order chi connectivity index (χ1) is 9.45. The Labute approximate surface area is 135 Å². The van der Waals surface area contributed by atoms with Crippen LogP contribution in [0, 0.1) is 12.3 Å². The van der Waals surface area contributed by atoms with Crippen molar-refractivity contribution in [1.82, 2.24) is 9.55 Å². The second-order valence-electron chi connectivity index (χ2n) is 4.78. The van der Waals surface area contributed by atoms with Gasteiger partial charge in [0.25, 0.3) is 0 Å². The first-order valence-electron chi connectivity index (χ1n) is 6.20. The first-order valence-corrected chi connectivity index (χ1v) is 7.79. The van der Waals surface area contributed by atoms with Crippen LogP contribution >= 0.6 is 31.9 Å². The van der Waals surface area contributed by atoms with Crippen LogP contribution < -0.4 is 5.73 Å². The Hall–Kier alpha value is -1.25. The number of hydrogen-bond acceptors (Lipinski definition) is 2. The maximum Gasteiger partial charge on any atom is 0.132 e. The Morgan fingerprint density at radius 3 is 2.60 bits per heavy atom. The summed E-state index contributed by atoms with van der Waals surface area (Å²) in [5.74, 6) is 4.42. The third-order valence-electron chi connectivity index (χ3n) is 3.00. The molecule has 0 aliphatic carbocycles. The molecule has 0 spiro atoms. The fraction of sp³-hybridized carbons (Fsp3) is 0.267. The van der Waals surface area contributed by atoms with Crippen LogP contribution in [0.25, 0.3) is 11.3 Å². The van der Waals surface area contributed by atoms with E-state index in [0.29, 0.717) is 12.4 Å². The Morgan fingerprint density at radius 1 is 1.35 bits per heavy atom. The van der Waals surface area contributed by atoms with Crippen molar-refractivity contribution in [1.29, 1.82) is 0 Å². The van der Waals surface area contributed by atoms with E-state index >= 15 is 0 Å².